The highest BCUT2D eigenvalue weighted by Gasteiger charge is 2.07. The number of halogens is 1. The minimum Gasteiger partial charge on any atom is -0.482 e. The fourth-order valence-electron chi connectivity index (χ4n) is 1.52. The largest absolute Gasteiger partial charge is 0.482 e. The summed E-state index contributed by atoms with van der Waals surface area (Å²) in [5, 5.41) is 11.2. The molecule has 1 amide bonds. The number of nitrogens with one attached hydrogen (secondary N) is 1. The van der Waals surface area contributed by atoms with Gasteiger partial charge in [0.1, 0.15) is 5.75 Å². The topological polar surface area (TPSA) is 88.5 Å². The van der Waals surface area contributed by atoms with Gasteiger partial charge >= 0.3 is 5.97 Å². The quantitative estimate of drug-likeness (QED) is 0.864. The molecular weight excluding hydrogens is 340 g/mol. The zero-order valence-electron chi connectivity index (χ0n) is 10.7. The Balaban J connectivity index is 2.00. The van der Waals surface area contributed by atoms with Crippen LogP contribution in [0.4, 0.5) is 5.69 Å². The van der Waals surface area contributed by atoms with Gasteiger partial charge in [0.05, 0.1) is 5.56 Å². The summed E-state index contributed by atoms with van der Waals surface area (Å²) in [4.78, 5) is 26.3. The Morgan fingerprint density at radius 3 is 2.57 bits per heavy atom. The van der Waals surface area contributed by atoms with E-state index in [1.807, 2.05) is 0 Å². The summed E-state index contributed by atoms with van der Waals surface area (Å²) in [6.07, 6.45) is 3.05. The van der Waals surface area contributed by atoms with E-state index in [2.05, 4.69) is 26.2 Å². The molecule has 0 bridgehead atoms. The molecule has 0 radical (unpaired) electrons. The summed E-state index contributed by atoms with van der Waals surface area (Å²) in [7, 11) is 0. The first-order valence-corrected chi connectivity index (χ1v) is 6.70. The highest BCUT2D eigenvalue weighted by Crippen LogP contribution is 2.17. The SMILES string of the molecule is O=C(O)COc1ccc(NC(=O)c2cncc(Br)c2)cc1. The summed E-state index contributed by atoms with van der Waals surface area (Å²) in [6.45, 7) is -0.407. The van der Waals surface area contributed by atoms with E-state index in [1.54, 1.807) is 36.5 Å². The molecule has 0 aliphatic heterocycles. The fraction of sp³-hybridized carbons (Fsp3) is 0.0714. The van der Waals surface area contributed by atoms with Crippen LogP contribution in [0.15, 0.2) is 47.2 Å². The van der Waals surface area contributed by atoms with Crippen molar-refractivity contribution in [3.8, 4) is 5.75 Å². The minimum atomic E-state index is -1.05. The van der Waals surface area contributed by atoms with E-state index < -0.39 is 12.6 Å². The average Bonchev–Trinajstić information content (AvgIpc) is 2.46. The predicted molar refractivity (Wildman–Crippen MR) is 79.5 cm³/mol. The summed E-state index contributed by atoms with van der Waals surface area (Å²) < 4.78 is 5.71. The Morgan fingerprint density at radius 2 is 1.95 bits per heavy atom. The molecule has 2 N–H and O–H groups in total. The van der Waals surface area contributed by atoms with Crippen LogP contribution in [0.25, 0.3) is 0 Å². The van der Waals surface area contributed by atoms with Gasteiger partial charge in [-0.3, -0.25) is 9.78 Å². The van der Waals surface area contributed by atoms with Crippen LogP contribution in [0.2, 0.25) is 0 Å². The summed E-state index contributed by atoms with van der Waals surface area (Å²) in [5.74, 6) is -0.919. The van der Waals surface area contributed by atoms with Crippen molar-refractivity contribution < 1.29 is 19.4 Å². The van der Waals surface area contributed by atoms with Gasteiger partial charge in [0, 0.05) is 22.6 Å². The number of pyridine rings is 1. The zero-order chi connectivity index (χ0) is 15.2. The van der Waals surface area contributed by atoms with Crippen molar-refractivity contribution in [3.63, 3.8) is 0 Å². The van der Waals surface area contributed by atoms with Crippen LogP contribution < -0.4 is 10.1 Å². The van der Waals surface area contributed by atoms with Crippen molar-refractivity contribution in [1.29, 1.82) is 0 Å². The van der Waals surface area contributed by atoms with Crippen LogP contribution in [-0.2, 0) is 4.79 Å². The van der Waals surface area contributed by atoms with Crippen molar-refractivity contribution in [2.24, 2.45) is 0 Å². The number of carboxylic acids is 1. The van der Waals surface area contributed by atoms with E-state index in [-0.39, 0.29) is 5.91 Å². The molecule has 0 fully saturated rings. The lowest BCUT2D eigenvalue weighted by atomic mass is 10.2. The molecule has 21 heavy (non-hydrogen) atoms. The van der Waals surface area contributed by atoms with E-state index >= 15 is 0 Å². The van der Waals surface area contributed by atoms with Gasteiger partial charge in [-0.2, -0.15) is 0 Å². The number of carbonyl (C=O) groups excluding carboxylic acids is 1. The third-order valence-corrected chi connectivity index (χ3v) is 2.88. The van der Waals surface area contributed by atoms with Gasteiger partial charge in [0.15, 0.2) is 6.61 Å². The summed E-state index contributed by atoms with van der Waals surface area (Å²) >= 11 is 3.25. The number of hydrogen-bond acceptors (Lipinski definition) is 4. The van der Waals surface area contributed by atoms with Crippen molar-refractivity contribution in [2.45, 2.75) is 0 Å². The number of carbonyl (C=O) groups is 2. The Morgan fingerprint density at radius 1 is 1.24 bits per heavy atom. The molecule has 1 aromatic heterocycles. The standard InChI is InChI=1S/C14H11BrN2O4/c15-10-5-9(6-16-7-10)14(20)17-11-1-3-12(4-2-11)21-8-13(18)19/h1-7H,8H2,(H,17,20)(H,18,19). The molecular formula is C14H11BrN2O4. The summed E-state index contributed by atoms with van der Waals surface area (Å²) in [5.41, 5.74) is 0.998. The van der Waals surface area contributed by atoms with E-state index in [9.17, 15) is 9.59 Å². The van der Waals surface area contributed by atoms with E-state index in [0.717, 1.165) is 0 Å². The van der Waals surface area contributed by atoms with Crippen molar-refractivity contribution in [3.05, 3.63) is 52.8 Å². The lowest BCUT2D eigenvalue weighted by molar-refractivity contribution is -0.139. The van der Waals surface area contributed by atoms with E-state index in [4.69, 9.17) is 9.84 Å². The number of carboxylic acid groups (broad SMARTS) is 1. The fourth-order valence-corrected chi connectivity index (χ4v) is 1.88. The molecule has 108 valence electrons. The smallest absolute Gasteiger partial charge is 0.341 e. The van der Waals surface area contributed by atoms with Gasteiger partial charge in [0.25, 0.3) is 5.91 Å². The maximum Gasteiger partial charge on any atom is 0.341 e. The number of aromatic nitrogens is 1. The molecule has 2 aromatic rings. The molecule has 6 nitrogen and oxygen atoms in total. The molecule has 0 aliphatic rings. The average molecular weight is 351 g/mol. The molecule has 0 saturated heterocycles. The third kappa shape index (κ3) is 4.57. The first kappa shape index (κ1) is 15.0. The van der Waals surface area contributed by atoms with Gasteiger partial charge in [0.2, 0.25) is 0 Å². The Kier molecular flexibility index (Phi) is 4.89. The highest BCUT2D eigenvalue weighted by molar-refractivity contribution is 9.10. The van der Waals surface area contributed by atoms with E-state index in [1.165, 1.54) is 6.20 Å². The second kappa shape index (κ2) is 6.85. The van der Waals surface area contributed by atoms with Crippen LogP contribution in [0.5, 0.6) is 5.75 Å². The minimum absolute atomic E-state index is 0.289. The van der Waals surface area contributed by atoms with Crippen LogP contribution >= 0.6 is 15.9 Å². The molecule has 0 spiro atoms. The van der Waals surface area contributed by atoms with Gasteiger partial charge < -0.3 is 15.2 Å². The lowest BCUT2D eigenvalue weighted by Crippen LogP contribution is -2.12. The van der Waals surface area contributed by atoms with Gasteiger partial charge in [-0.15, -0.1) is 0 Å². The first-order chi connectivity index (χ1) is 10.0. The number of amides is 1. The highest BCUT2D eigenvalue weighted by atomic mass is 79.9. The molecule has 2 rings (SSSR count). The number of nitrogens with zero attached hydrogens (tertiary/aromatic N) is 1. The third-order valence-electron chi connectivity index (χ3n) is 2.44. The Bertz CT molecular complexity index is 658. The van der Waals surface area contributed by atoms with Crippen LogP contribution in [0, 0.1) is 0 Å². The van der Waals surface area contributed by atoms with Crippen molar-refractivity contribution in [2.75, 3.05) is 11.9 Å². The number of rotatable bonds is 5. The van der Waals surface area contributed by atoms with Crippen molar-refractivity contribution >= 4 is 33.5 Å². The van der Waals surface area contributed by atoms with Gasteiger partial charge in [-0.1, -0.05) is 0 Å². The van der Waals surface area contributed by atoms with Crippen molar-refractivity contribution in [1.82, 2.24) is 4.98 Å². The second-order valence-electron chi connectivity index (χ2n) is 4.05. The predicted octanol–water partition coefficient (Wildman–Crippen LogP) is 2.56. The zero-order valence-corrected chi connectivity index (χ0v) is 12.3. The van der Waals surface area contributed by atoms with E-state index in [0.29, 0.717) is 21.5 Å². The maximum atomic E-state index is 12.0. The van der Waals surface area contributed by atoms with Gasteiger partial charge in [-0.05, 0) is 46.3 Å². The second-order valence-corrected chi connectivity index (χ2v) is 4.97. The number of aliphatic carboxylic acids is 1. The molecule has 0 saturated carbocycles. The molecule has 7 heteroatoms. The molecule has 1 aromatic carbocycles. The summed E-state index contributed by atoms with van der Waals surface area (Å²) in [6, 6.07) is 8.07. The number of anilines is 1. The molecule has 0 atom stereocenters. The monoisotopic (exact) mass is 350 g/mol. The molecule has 1 heterocycles. The Labute approximate surface area is 128 Å². The van der Waals surface area contributed by atoms with Gasteiger partial charge in [-0.25, -0.2) is 4.79 Å². The number of ether oxygens (including phenoxy) is 1. The van der Waals surface area contributed by atoms with Crippen LogP contribution in [-0.4, -0.2) is 28.6 Å². The van der Waals surface area contributed by atoms with Crippen LogP contribution in [0.1, 0.15) is 10.4 Å². The first-order valence-electron chi connectivity index (χ1n) is 5.91. The lowest BCUT2D eigenvalue weighted by Gasteiger charge is -2.07. The molecule has 0 unspecified atom stereocenters. The number of benzene rings is 1. The maximum absolute atomic E-state index is 12.0. The van der Waals surface area contributed by atoms with Crippen LogP contribution in [0.3, 0.4) is 0 Å². The Hall–Kier alpha value is -2.41. The molecule has 0 aliphatic carbocycles. The number of hydrogen-bond donors (Lipinski definition) is 2. The normalized spacial score (nSPS) is 9.95.